The lowest BCUT2D eigenvalue weighted by molar-refractivity contribution is -0.135. The van der Waals surface area contributed by atoms with Crippen LogP contribution in [-0.2, 0) is 14.6 Å². The van der Waals surface area contributed by atoms with Crippen LogP contribution in [0.15, 0.2) is 0 Å². The van der Waals surface area contributed by atoms with Crippen molar-refractivity contribution in [3.63, 3.8) is 0 Å². The van der Waals surface area contributed by atoms with Crippen molar-refractivity contribution in [2.24, 2.45) is 5.92 Å². The Kier molecular flexibility index (Phi) is 2.47. The number of amides is 1. The number of nitrogens with zero attached hydrogens (tertiary/aromatic N) is 1. The summed E-state index contributed by atoms with van der Waals surface area (Å²) < 4.78 is 22.7. The largest absolute Gasteiger partial charge is 0.337 e. The van der Waals surface area contributed by atoms with Crippen LogP contribution in [-0.4, -0.2) is 54.3 Å². The maximum atomic E-state index is 12.2. The molecule has 4 nitrogen and oxygen atoms in total. The molecule has 6 heteroatoms. The molecule has 3 rings (SSSR count). The number of carbonyl (C=O) groups excluding carboxylic acids is 1. The molecular weight excluding hydrogens is 246 g/mol. The van der Waals surface area contributed by atoms with Crippen molar-refractivity contribution in [1.82, 2.24) is 4.90 Å². The summed E-state index contributed by atoms with van der Waals surface area (Å²) >= 11 is 1.94. The van der Waals surface area contributed by atoms with Crippen LogP contribution in [0.3, 0.4) is 0 Å². The Balaban J connectivity index is 1.70. The summed E-state index contributed by atoms with van der Waals surface area (Å²) in [4.78, 5) is 14.1. The Bertz CT molecular complexity index is 420. The van der Waals surface area contributed by atoms with E-state index < -0.39 is 9.84 Å². The highest BCUT2D eigenvalue weighted by Gasteiger charge is 2.44. The summed E-state index contributed by atoms with van der Waals surface area (Å²) in [6.07, 6.45) is 1.64. The molecule has 0 aromatic rings. The van der Waals surface area contributed by atoms with Crippen molar-refractivity contribution < 1.29 is 13.2 Å². The lowest BCUT2D eigenvalue weighted by Gasteiger charge is -2.28. The number of carbonyl (C=O) groups is 1. The first-order chi connectivity index (χ1) is 7.55. The second-order valence-corrected chi connectivity index (χ2v) is 8.50. The zero-order valence-electron chi connectivity index (χ0n) is 8.96. The van der Waals surface area contributed by atoms with Crippen molar-refractivity contribution in [3.05, 3.63) is 0 Å². The van der Waals surface area contributed by atoms with Crippen molar-refractivity contribution in [1.29, 1.82) is 0 Å². The van der Waals surface area contributed by atoms with Gasteiger partial charge in [0.05, 0.1) is 17.4 Å². The Morgan fingerprint density at radius 2 is 2.19 bits per heavy atom. The van der Waals surface area contributed by atoms with Crippen LogP contribution in [0.25, 0.3) is 0 Å². The van der Waals surface area contributed by atoms with E-state index in [0.717, 1.165) is 18.7 Å². The first-order valence-electron chi connectivity index (χ1n) is 5.68. The number of thioether (sulfide) groups is 1. The summed E-state index contributed by atoms with van der Waals surface area (Å²) in [5.41, 5.74) is 0. The highest BCUT2D eigenvalue weighted by atomic mass is 32.2. The van der Waals surface area contributed by atoms with Crippen LogP contribution in [0.2, 0.25) is 0 Å². The molecule has 3 atom stereocenters. The lowest BCUT2D eigenvalue weighted by atomic mass is 10.1. The Labute approximate surface area is 99.7 Å². The Morgan fingerprint density at radius 1 is 1.38 bits per heavy atom. The van der Waals surface area contributed by atoms with Crippen LogP contribution in [0, 0.1) is 5.92 Å². The van der Waals surface area contributed by atoms with E-state index in [1.165, 1.54) is 0 Å². The minimum atomic E-state index is -2.94. The fraction of sp³-hybridized carbons (Fsp3) is 0.900. The number of rotatable bonds is 1. The molecular formula is C10H15NO3S2. The smallest absolute Gasteiger partial charge is 0.227 e. The molecule has 3 saturated heterocycles. The van der Waals surface area contributed by atoms with Crippen molar-refractivity contribution in [2.75, 3.05) is 23.8 Å². The second kappa shape index (κ2) is 3.63. The summed E-state index contributed by atoms with van der Waals surface area (Å²) in [6.45, 7) is 0.838. The SMILES string of the molecule is O=C([C@H]1CCS(=O)(=O)C1)N1C[C@H]2C[C@H]1CS2. The summed E-state index contributed by atoms with van der Waals surface area (Å²) in [7, 11) is -2.94. The van der Waals surface area contributed by atoms with Crippen LogP contribution in [0.5, 0.6) is 0 Å². The molecule has 3 aliphatic rings. The molecule has 0 aromatic heterocycles. The number of likely N-dealkylation sites (tertiary alicyclic amines) is 1. The third-order valence-corrected chi connectivity index (χ3v) is 6.92. The van der Waals surface area contributed by atoms with Crippen LogP contribution in [0.1, 0.15) is 12.8 Å². The van der Waals surface area contributed by atoms with Gasteiger partial charge in [-0.05, 0) is 12.8 Å². The van der Waals surface area contributed by atoms with Gasteiger partial charge in [0, 0.05) is 23.6 Å². The minimum Gasteiger partial charge on any atom is -0.337 e. The molecule has 90 valence electrons. The lowest BCUT2D eigenvalue weighted by Crippen LogP contribution is -2.43. The van der Waals surface area contributed by atoms with E-state index in [0.29, 0.717) is 17.7 Å². The van der Waals surface area contributed by atoms with Gasteiger partial charge in [-0.25, -0.2) is 8.42 Å². The van der Waals surface area contributed by atoms with Gasteiger partial charge in [0.25, 0.3) is 0 Å². The zero-order valence-corrected chi connectivity index (χ0v) is 10.6. The van der Waals surface area contributed by atoms with E-state index in [-0.39, 0.29) is 23.3 Å². The van der Waals surface area contributed by atoms with E-state index >= 15 is 0 Å². The highest BCUT2D eigenvalue weighted by Crippen LogP contribution is 2.38. The maximum Gasteiger partial charge on any atom is 0.227 e. The summed E-state index contributed by atoms with van der Waals surface area (Å²) in [5.74, 6) is 1.14. The third kappa shape index (κ3) is 1.76. The topological polar surface area (TPSA) is 54.5 Å². The summed E-state index contributed by atoms with van der Waals surface area (Å²) in [5, 5.41) is 0.604. The Hall–Kier alpha value is -0.230. The monoisotopic (exact) mass is 261 g/mol. The molecule has 3 aliphatic heterocycles. The van der Waals surface area contributed by atoms with E-state index in [9.17, 15) is 13.2 Å². The average Bonchev–Trinajstić information content (AvgIpc) is 2.90. The maximum absolute atomic E-state index is 12.2. The van der Waals surface area contributed by atoms with Gasteiger partial charge in [-0.2, -0.15) is 11.8 Å². The molecule has 2 bridgehead atoms. The number of hydrogen-bond donors (Lipinski definition) is 0. The molecule has 16 heavy (non-hydrogen) atoms. The highest BCUT2D eigenvalue weighted by molar-refractivity contribution is 8.00. The van der Waals surface area contributed by atoms with Gasteiger partial charge in [0.15, 0.2) is 9.84 Å². The standard InChI is InChI=1S/C10H15NO3S2/c12-10(7-1-2-16(13,14)6-7)11-4-9-3-8(11)5-15-9/h7-9H,1-6H2/t7-,8-,9+/m0/s1. The molecule has 0 radical (unpaired) electrons. The average molecular weight is 261 g/mol. The van der Waals surface area contributed by atoms with E-state index in [2.05, 4.69) is 0 Å². The van der Waals surface area contributed by atoms with E-state index in [1.54, 1.807) is 0 Å². The normalized spacial score (nSPS) is 40.5. The predicted octanol–water partition coefficient (Wildman–Crippen LogP) is 0.137. The number of sulfone groups is 1. The molecule has 0 spiro atoms. The van der Waals surface area contributed by atoms with Crippen molar-refractivity contribution >= 4 is 27.5 Å². The molecule has 0 aromatic carbocycles. The number of hydrogen-bond acceptors (Lipinski definition) is 4. The molecule has 0 N–H and O–H groups in total. The molecule has 1 amide bonds. The fourth-order valence-corrected chi connectivity index (χ4v) is 6.06. The van der Waals surface area contributed by atoms with E-state index in [1.807, 2.05) is 16.7 Å². The van der Waals surface area contributed by atoms with Crippen LogP contribution in [0.4, 0.5) is 0 Å². The van der Waals surface area contributed by atoms with Gasteiger partial charge in [0.1, 0.15) is 0 Å². The fourth-order valence-electron chi connectivity index (χ4n) is 2.89. The van der Waals surface area contributed by atoms with Crippen molar-refractivity contribution in [3.8, 4) is 0 Å². The quantitative estimate of drug-likeness (QED) is 0.673. The van der Waals surface area contributed by atoms with Gasteiger partial charge in [-0.1, -0.05) is 0 Å². The molecule has 0 aliphatic carbocycles. The van der Waals surface area contributed by atoms with Gasteiger partial charge in [-0.15, -0.1) is 0 Å². The predicted molar refractivity (Wildman–Crippen MR) is 63.1 cm³/mol. The molecule has 3 fully saturated rings. The van der Waals surface area contributed by atoms with Gasteiger partial charge in [-0.3, -0.25) is 4.79 Å². The minimum absolute atomic E-state index is 0.0763. The molecule has 3 heterocycles. The molecule has 0 saturated carbocycles. The van der Waals surface area contributed by atoms with Gasteiger partial charge < -0.3 is 4.90 Å². The zero-order chi connectivity index (χ0) is 11.3. The first kappa shape index (κ1) is 10.9. The second-order valence-electron chi connectivity index (χ2n) is 4.94. The van der Waals surface area contributed by atoms with Crippen molar-refractivity contribution in [2.45, 2.75) is 24.1 Å². The van der Waals surface area contributed by atoms with Crippen LogP contribution < -0.4 is 0 Å². The molecule has 0 unspecified atom stereocenters. The Morgan fingerprint density at radius 3 is 2.69 bits per heavy atom. The first-order valence-corrected chi connectivity index (χ1v) is 8.55. The van der Waals surface area contributed by atoms with Gasteiger partial charge in [0.2, 0.25) is 5.91 Å². The van der Waals surface area contributed by atoms with Crippen LogP contribution >= 0.6 is 11.8 Å². The third-order valence-electron chi connectivity index (χ3n) is 3.77. The number of fused-ring (bicyclic) bond motifs is 2. The summed E-state index contributed by atoms with van der Waals surface area (Å²) in [6, 6.07) is 0.380. The van der Waals surface area contributed by atoms with E-state index in [4.69, 9.17) is 0 Å². The van der Waals surface area contributed by atoms with Gasteiger partial charge >= 0.3 is 0 Å².